The van der Waals surface area contributed by atoms with Crippen molar-refractivity contribution in [2.75, 3.05) is 51.3 Å². The summed E-state index contributed by atoms with van der Waals surface area (Å²) in [4.78, 5) is 19.2. The number of amides is 1. The predicted octanol–water partition coefficient (Wildman–Crippen LogP) is 2.53. The molecule has 1 aliphatic rings. The summed E-state index contributed by atoms with van der Waals surface area (Å²) in [5, 5.41) is 9.47. The van der Waals surface area contributed by atoms with Gasteiger partial charge in [-0.2, -0.15) is 0 Å². The topological polar surface area (TPSA) is 78.0 Å². The number of guanidine groups is 1. The van der Waals surface area contributed by atoms with Gasteiger partial charge in [0.2, 0.25) is 5.91 Å². The Morgan fingerprint density at radius 1 is 1.29 bits per heavy atom. The second-order valence-electron chi connectivity index (χ2n) is 7.78. The predicted molar refractivity (Wildman–Crippen MR) is 138 cm³/mol. The second kappa shape index (κ2) is 15.1. The first kappa shape index (κ1) is 27.2. The van der Waals surface area contributed by atoms with Gasteiger partial charge >= 0.3 is 0 Å². The molecule has 1 saturated heterocycles. The molecule has 0 aromatic heterocycles. The Hall–Kier alpha value is -1.83. The molecule has 0 saturated carbocycles. The number of morpholine rings is 1. The van der Waals surface area contributed by atoms with Gasteiger partial charge < -0.3 is 20.7 Å². The van der Waals surface area contributed by atoms with Crippen molar-refractivity contribution in [2.24, 2.45) is 10.9 Å². The van der Waals surface area contributed by atoms with Crippen LogP contribution in [0.25, 0.3) is 0 Å². The van der Waals surface area contributed by atoms with Gasteiger partial charge in [-0.15, -0.1) is 30.4 Å². The third-order valence-electron chi connectivity index (χ3n) is 4.85. The Balaban J connectivity index is 0.00000480. The van der Waals surface area contributed by atoms with Crippen LogP contribution in [-0.2, 0) is 9.53 Å². The summed E-state index contributed by atoms with van der Waals surface area (Å²) >= 11 is 0. The molecule has 1 atom stereocenters. The number of terminal acetylenes is 1. The van der Waals surface area contributed by atoms with Gasteiger partial charge in [0.05, 0.1) is 13.2 Å². The normalized spacial score (nSPS) is 15.5. The lowest BCUT2D eigenvalue weighted by Gasteiger charge is -2.35. The number of halogens is 1. The molecular weight excluding hydrogens is 505 g/mol. The number of anilines is 1. The highest BCUT2D eigenvalue weighted by Crippen LogP contribution is 2.13. The molecule has 1 amide bonds. The summed E-state index contributed by atoms with van der Waals surface area (Å²) in [6, 6.07) is 7.62. The number of carbonyl (C=O) groups is 1. The van der Waals surface area contributed by atoms with E-state index in [9.17, 15) is 4.79 Å². The molecule has 8 heteroatoms. The highest BCUT2D eigenvalue weighted by molar-refractivity contribution is 14.0. The summed E-state index contributed by atoms with van der Waals surface area (Å²) in [5.74, 6) is 3.62. The summed E-state index contributed by atoms with van der Waals surface area (Å²) in [6.45, 7) is 11.5. The molecule has 7 nitrogen and oxygen atoms in total. The SMILES string of the molecule is C#Cc1cccc(NC(=O)CN=C(NCC)NCC(CC(C)C)N2CCOCC2)c1.I. The Morgan fingerprint density at radius 2 is 2.03 bits per heavy atom. The van der Waals surface area contributed by atoms with E-state index < -0.39 is 0 Å². The number of nitrogens with one attached hydrogen (secondary N) is 3. The number of aliphatic imine (C=N–C) groups is 1. The van der Waals surface area contributed by atoms with Crippen LogP contribution in [0.3, 0.4) is 0 Å². The lowest BCUT2D eigenvalue weighted by molar-refractivity contribution is -0.114. The van der Waals surface area contributed by atoms with E-state index in [1.54, 1.807) is 6.07 Å². The fourth-order valence-corrected chi connectivity index (χ4v) is 3.44. The van der Waals surface area contributed by atoms with E-state index in [0.29, 0.717) is 23.6 Å². The van der Waals surface area contributed by atoms with Gasteiger partial charge in [0.15, 0.2) is 5.96 Å². The number of rotatable bonds is 9. The van der Waals surface area contributed by atoms with E-state index in [1.165, 1.54) is 0 Å². The van der Waals surface area contributed by atoms with E-state index in [0.717, 1.165) is 51.4 Å². The Morgan fingerprint density at radius 3 is 2.68 bits per heavy atom. The van der Waals surface area contributed by atoms with Gasteiger partial charge in [0, 0.05) is 43.5 Å². The van der Waals surface area contributed by atoms with Gasteiger partial charge in [-0.1, -0.05) is 25.8 Å². The van der Waals surface area contributed by atoms with E-state index in [-0.39, 0.29) is 36.4 Å². The maximum absolute atomic E-state index is 12.3. The fourth-order valence-electron chi connectivity index (χ4n) is 3.44. The third kappa shape index (κ3) is 10.4. The molecule has 1 aromatic rings. The summed E-state index contributed by atoms with van der Waals surface area (Å²) < 4.78 is 5.49. The third-order valence-corrected chi connectivity index (χ3v) is 4.85. The molecule has 1 heterocycles. The molecule has 1 fully saturated rings. The van der Waals surface area contributed by atoms with Crippen molar-refractivity contribution in [3.05, 3.63) is 29.8 Å². The summed E-state index contributed by atoms with van der Waals surface area (Å²) in [7, 11) is 0. The van der Waals surface area contributed by atoms with Crippen LogP contribution in [0.1, 0.15) is 32.8 Å². The van der Waals surface area contributed by atoms with Crippen molar-refractivity contribution in [1.82, 2.24) is 15.5 Å². The molecule has 3 N–H and O–H groups in total. The van der Waals surface area contributed by atoms with E-state index >= 15 is 0 Å². The highest BCUT2D eigenvalue weighted by Gasteiger charge is 2.22. The van der Waals surface area contributed by atoms with Crippen molar-refractivity contribution in [3.8, 4) is 12.3 Å². The standard InChI is InChI=1S/C23H35N5O2.HI/c1-5-19-8-7-9-20(15-19)27-22(29)17-26-23(24-6-2)25-16-21(14-18(3)4)28-10-12-30-13-11-28;/h1,7-9,15,18,21H,6,10-14,16-17H2,2-4H3,(H,27,29)(H2,24,25,26);1H. The van der Waals surface area contributed by atoms with Crippen LogP contribution in [-0.4, -0.2) is 68.7 Å². The number of hydrogen-bond donors (Lipinski definition) is 3. The first-order valence-corrected chi connectivity index (χ1v) is 10.7. The molecule has 2 rings (SSSR count). The number of ether oxygens (including phenoxy) is 1. The quantitative estimate of drug-likeness (QED) is 0.194. The zero-order valence-corrected chi connectivity index (χ0v) is 21.1. The van der Waals surface area contributed by atoms with Gasteiger partial charge in [0.25, 0.3) is 0 Å². The van der Waals surface area contributed by atoms with Crippen LogP contribution >= 0.6 is 24.0 Å². The van der Waals surface area contributed by atoms with Crippen molar-refractivity contribution < 1.29 is 9.53 Å². The number of hydrogen-bond acceptors (Lipinski definition) is 4. The number of carbonyl (C=O) groups excluding carboxylic acids is 1. The molecule has 1 aromatic carbocycles. The smallest absolute Gasteiger partial charge is 0.246 e. The lowest BCUT2D eigenvalue weighted by Crippen LogP contribution is -2.51. The maximum Gasteiger partial charge on any atom is 0.246 e. The molecule has 0 aliphatic carbocycles. The van der Waals surface area contributed by atoms with E-state index in [4.69, 9.17) is 11.2 Å². The summed E-state index contributed by atoms with van der Waals surface area (Å²) in [5.41, 5.74) is 1.40. The zero-order valence-electron chi connectivity index (χ0n) is 18.8. The van der Waals surface area contributed by atoms with Crippen molar-refractivity contribution >= 4 is 41.5 Å². The number of nitrogens with zero attached hydrogens (tertiary/aromatic N) is 2. The van der Waals surface area contributed by atoms with E-state index in [1.807, 2.05) is 25.1 Å². The summed E-state index contributed by atoms with van der Waals surface area (Å²) in [6.07, 6.45) is 6.51. The molecule has 0 radical (unpaired) electrons. The Bertz CT molecular complexity index is 742. The van der Waals surface area contributed by atoms with Crippen LogP contribution in [0.2, 0.25) is 0 Å². The minimum Gasteiger partial charge on any atom is -0.379 e. The van der Waals surface area contributed by atoms with Crippen molar-refractivity contribution in [1.29, 1.82) is 0 Å². The van der Waals surface area contributed by atoms with Gasteiger partial charge in [-0.3, -0.25) is 9.69 Å². The van der Waals surface area contributed by atoms with Crippen LogP contribution in [0.5, 0.6) is 0 Å². The number of benzene rings is 1. The first-order valence-electron chi connectivity index (χ1n) is 10.7. The molecule has 0 bridgehead atoms. The van der Waals surface area contributed by atoms with Gasteiger partial charge in [-0.25, -0.2) is 4.99 Å². The highest BCUT2D eigenvalue weighted by atomic mass is 127. The zero-order chi connectivity index (χ0) is 21.8. The van der Waals surface area contributed by atoms with Crippen molar-refractivity contribution in [3.63, 3.8) is 0 Å². The average Bonchev–Trinajstić information content (AvgIpc) is 2.75. The van der Waals surface area contributed by atoms with Crippen LogP contribution in [0.4, 0.5) is 5.69 Å². The monoisotopic (exact) mass is 541 g/mol. The second-order valence-corrected chi connectivity index (χ2v) is 7.78. The fraction of sp³-hybridized carbons (Fsp3) is 0.565. The van der Waals surface area contributed by atoms with Gasteiger partial charge in [-0.05, 0) is 37.5 Å². The molecule has 0 spiro atoms. The minimum atomic E-state index is -0.187. The van der Waals surface area contributed by atoms with Gasteiger partial charge in [0.1, 0.15) is 6.54 Å². The van der Waals surface area contributed by atoms with Crippen LogP contribution < -0.4 is 16.0 Å². The van der Waals surface area contributed by atoms with Crippen molar-refractivity contribution in [2.45, 2.75) is 33.2 Å². The van der Waals surface area contributed by atoms with E-state index in [2.05, 4.69) is 45.6 Å². The molecule has 1 aliphatic heterocycles. The molecule has 31 heavy (non-hydrogen) atoms. The Kier molecular flexibility index (Phi) is 13.2. The first-order chi connectivity index (χ1) is 14.5. The molecule has 1 unspecified atom stereocenters. The maximum atomic E-state index is 12.3. The van der Waals surface area contributed by atoms with Crippen LogP contribution in [0, 0.1) is 18.3 Å². The average molecular weight is 541 g/mol. The molecular formula is C23H36IN5O2. The molecule has 172 valence electrons. The minimum absolute atomic E-state index is 0. The largest absolute Gasteiger partial charge is 0.379 e. The van der Waals surface area contributed by atoms with Crippen LogP contribution in [0.15, 0.2) is 29.3 Å². The lowest BCUT2D eigenvalue weighted by atomic mass is 10.0. The Labute approximate surface area is 203 Å².